The third kappa shape index (κ3) is 2.49. The predicted molar refractivity (Wildman–Crippen MR) is 84.2 cm³/mol. The van der Waals surface area contributed by atoms with Gasteiger partial charge >= 0.3 is 0 Å². The number of aromatic nitrogens is 2. The van der Waals surface area contributed by atoms with Gasteiger partial charge in [-0.25, -0.2) is 4.98 Å². The van der Waals surface area contributed by atoms with E-state index in [-0.39, 0.29) is 0 Å². The molecule has 3 aromatic rings. The molecule has 0 aliphatic heterocycles. The monoisotopic (exact) mass is 285 g/mol. The molecule has 1 heterocycles. The van der Waals surface area contributed by atoms with Crippen LogP contribution in [0.15, 0.2) is 48.5 Å². The van der Waals surface area contributed by atoms with Gasteiger partial charge in [-0.05, 0) is 37.3 Å². The average molecular weight is 286 g/mol. The van der Waals surface area contributed by atoms with Crippen molar-refractivity contribution in [2.45, 2.75) is 20.0 Å². The Bertz CT molecular complexity index is 719. The topological polar surface area (TPSA) is 29.9 Å². The molecule has 0 bridgehead atoms. The van der Waals surface area contributed by atoms with Crippen molar-refractivity contribution in [3.8, 4) is 0 Å². The molecule has 0 aliphatic rings. The van der Waals surface area contributed by atoms with E-state index in [1.165, 1.54) is 0 Å². The van der Waals surface area contributed by atoms with E-state index >= 15 is 0 Å². The summed E-state index contributed by atoms with van der Waals surface area (Å²) in [6, 6.07) is 16.0. The standard InChI is InChI=1S/C16H16ClN3/c1-2-20-15-10-12(17)8-9-14(15)19-16(20)11-18-13-6-4-3-5-7-13/h3-10,18H,2,11H2,1H3. The van der Waals surface area contributed by atoms with Crippen LogP contribution in [0.1, 0.15) is 12.7 Å². The quantitative estimate of drug-likeness (QED) is 0.773. The minimum Gasteiger partial charge on any atom is -0.378 e. The molecule has 20 heavy (non-hydrogen) atoms. The lowest BCUT2D eigenvalue weighted by Crippen LogP contribution is -2.07. The van der Waals surface area contributed by atoms with Crippen LogP contribution in [0.5, 0.6) is 0 Å². The number of aryl methyl sites for hydroxylation is 1. The highest BCUT2D eigenvalue weighted by Gasteiger charge is 2.09. The van der Waals surface area contributed by atoms with Crippen LogP contribution in [0.3, 0.4) is 0 Å². The summed E-state index contributed by atoms with van der Waals surface area (Å²) in [4.78, 5) is 4.68. The van der Waals surface area contributed by atoms with Crippen molar-refractivity contribution in [3.05, 3.63) is 59.4 Å². The smallest absolute Gasteiger partial charge is 0.129 e. The third-order valence-corrected chi connectivity index (χ3v) is 3.57. The summed E-state index contributed by atoms with van der Waals surface area (Å²) < 4.78 is 2.19. The number of nitrogens with zero attached hydrogens (tertiary/aromatic N) is 2. The Labute approximate surface area is 123 Å². The number of hydrogen-bond donors (Lipinski definition) is 1. The molecule has 3 rings (SSSR count). The first-order chi connectivity index (χ1) is 9.78. The first-order valence-corrected chi connectivity index (χ1v) is 7.09. The average Bonchev–Trinajstić information content (AvgIpc) is 2.83. The van der Waals surface area contributed by atoms with Gasteiger partial charge in [-0.15, -0.1) is 0 Å². The van der Waals surface area contributed by atoms with E-state index in [9.17, 15) is 0 Å². The van der Waals surface area contributed by atoms with E-state index in [2.05, 4.69) is 33.9 Å². The Hall–Kier alpha value is -2.00. The molecule has 0 saturated heterocycles. The zero-order chi connectivity index (χ0) is 13.9. The number of imidazole rings is 1. The molecule has 1 aromatic heterocycles. The van der Waals surface area contributed by atoms with Crippen molar-refractivity contribution in [2.75, 3.05) is 5.32 Å². The molecule has 0 saturated carbocycles. The molecule has 0 fully saturated rings. The van der Waals surface area contributed by atoms with Crippen LogP contribution in [0.4, 0.5) is 5.69 Å². The Morgan fingerprint density at radius 2 is 1.95 bits per heavy atom. The number of rotatable bonds is 4. The predicted octanol–water partition coefficient (Wildman–Crippen LogP) is 4.32. The van der Waals surface area contributed by atoms with Gasteiger partial charge in [-0.1, -0.05) is 29.8 Å². The molecule has 1 N–H and O–H groups in total. The lowest BCUT2D eigenvalue weighted by molar-refractivity contribution is 0.729. The first kappa shape index (κ1) is 13.0. The molecule has 3 nitrogen and oxygen atoms in total. The van der Waals surface area contributed by atoms with Crippen LogP contribution in [0.2, 0.25) is 5.02 Å². The summed E-state index contributed by atoms with van der Waals surface area (Å²) in [7, 11) is 0. The number of benzene rings is 2. The van der Waals surface area contributed by atoms with Crippen LogP contribution in [0, 0.1) is 0 Å². The zero-order valence-electron chi connectivity index (χ0n) is 11.3. The van der Waals surface area contributed by atoms with E-state index < -0.39 is 0 Å². The highest BCUT2D eigenvalue weighted by Crippen LogP contribution is 2.21. The number of para-hydroxylation sites is 1. The number of halogens is 1. The fourth-order valence-electron chi connectivity index (χ4n) is 2.37. The zero-order valence-corrected chi connectivity index (χ0v) is 12.1. The lowest BCUT2D eigenvalue weighted by atomic mass is 10.3. The maximum Gasteiger partial charge on any atom is 0.129 e. The van der Waals surface area contributed by atoms with Gasteiger partial charge in [0.2, 0.25) is 0 Å². The molecule has 4 heteroatoms. The Morgan fingerprint density at radius 1 is 1.15 bits per heavy atom. The highest BCUT2D eigenvalue weighted by atomic mass is 35.5. The van der Waals surface area contributed by atoms with Gasteiger partial charge in [-0.3, -0.25) is 0 Å². The lowest BCUT2D eigenvalue weighted by Gasteiger charge is -2.08. The fraction of sp³-hybridized carbons (Fsp3) is 0.188. The second-order valence-corrected chi connectivity index (χ2v) is 5.06. The first-order valence-electron chi connectivity index (χ1n) is 6.71. The van der Waals surface area contributed by atoms with Gasteiger partial charge in [0.15, 0.2) is 0 Å². The van der Waals surface area contributed by atoms with Crippen molar-refractivity contribution in [1.29, 1.82) is 0 Å². The largest absolute Gasteiger partial charge is 0.378 e. The Balaban J connectivity index is 1.91. The van der Waals surface area contributed by atoms with Crippen LogP contribution < -0.4 is 5.32 Å². The summed E-state index contributed by atoms with van der Waals surface area (Å²) >= 11 is 6.07. The van der Waals surface area contributed by atoms with Crippen molar-refractivity contribution in [1.82, 2.24) is 9.55 Å². The number of fused-ring (bicyclic) bond motifs is 1. The van der Waals surface area contributed by atoms with Gasteiger partial charge in [0, 0.05) is 17.3 Å². The van der Waals surface area contributed by atoms with Gasteiger partial charge in [0.25, 0.3) is 0 Å². The second kappa shape index (κ2) is 5.55. The van der Waals surface area contributed by atoms with Gasteiger partial charge in [0.1, 0.15) is 5.82 Å². The second-order valence-electron chi connectivity index (χ2n) is 4.62. The summed E-state index contributed by atoms with van der Waals surface area (Å²) in [5.74, 6) is 1.02. The molecular weight excluding hydrogens is 270 g/mol. The molecule has 0 unspecified atom stereocenters. The Kier molecular flexibility index (Phi) is 3.61. The molecule has 0 aliphatic carbocycles. The maximum absolute atomic E-state index is 6.07. The molecule has 2 aromatic carbocycles. The molecule has 0 spiro atoms. The summed E-state index contributed by atoms with van der Waals surface area (Å²) in [5.41, 5.74) is 3.17. The van der Waals surface area contributed by atoms with E-state index in [1.807, 2.05) is 36.4 Å². The molecule has 102 valence electrons. The summed E-state index contributed by atoms with van der Waals surface area (Å²) in [6.45, 7) is 3.70. The summed E-state index contributed by atoms with van der Waals surface area (Å²) in [5, 5.41) is 4.14. The van der Waals surface area contributed by atoms with Gasteiger partial charge in [0.05, 0.1) is 17.6 Å². The molecule has 0 amide bonds. The van der Waals surface area contributed by atoms with Gasteiger partial charge in [-0.2, -0.15) is 0 Å². The fourth-order valence-corrected chi connectivity index (χ4v) is 2.54. The van der Waals surface area contributed by atoms with Crippen LogP contribution in [-0.2, 0) is 13.1 Å². The van der Waals surface area contributed by atoms with E-state index in [0.29, 0.717) is 6.54 Å². The van der Waals surface area contributed by atoms with Crippen molar-refractivity contribution < 1.29 is 0 Å². The molecule has 0 radical (unpaired) electrons. The highest BCUT2D eigenvalue weighted by molar-refractivity contribution is 6.31. The maximum atomic E-state index is 6.07. The minimum absolute atomic E-state index is 0.699. The number of nitrogens with one attached hydrogen (secondary N) is 1. The van der Waals surface area contributed by atoms with Crippen molar-refractivity contribution in [3.63, 3.8) is 0 Å². The van der Waals surface area contributed by atoms with Crippen LogP contribution in [0.25, 0.3) is 11.0 Å². The summed E-state index contributed by atoms with van der Waals surface area (Å²) in [6.07, 6.45) is 0. The van der Waals surface area contributed by atoms with Crippen LogP contribution >= 0.6 is 11.6 Å². The van der Waals surface area contributed by atoms with Crippen molar-refractivity contribution in [2.24, 2.45) is 0 Å². The van der Waals surface area contributed by atoms with E-state index in [4.69, 9.17) is 11.6 Å². The van der Waals surface area contributed by atoms with E-state index in [1.54, 1.807) is 0 Å². The Morgan fingerprint density at radius 3 is 2.70 bits per heavy atom. The SMILES string of the molecule is CCn1c(CNc2ccccc2)nc2ccc(Cl)cc21. The van der Waals surface area contributed by atoms with Crippen molar-refractivity contribution >= 4 is 28.3 Å². The molecule has 0 atom stereocenters. The van der Waals surface area contributed by atoms with E-state index in [0.717, 1.165) is 34.1 Å². The number of anilines is 1. The third-order valence-electron chi connectivity index (χ3n) is 3.33. The molecular formula is C16H16ClN3. The van der Waals surface area contributed by atoms with Gasteiger partial charge < -0.3 is 9.88 Å². The normalized spacial score (nSPS) is 10.9. The van der Waals surface area contributed by atoms with Crippen LogP contribution in [-0.4, -0.2) is 9.55 Å². The minimum atomic E-state index is 0.699. The number of hydrogen-bond acceptors (Lipinski definition) is 2.